The van der Waals surface area contributed by atoms with Crippen molar-refractivity contribution in [2.45, 2.75) is 13.8 Å². The molecule has 30 heavy (non-hydrogen) atoms. The van der Waals surface area contributed by atoms with E-state index in [2.05, 4.69) is 0 Å². The summed E-state index contributed by atoms with van der Waals surface area (Å²) in [6, 6.07) is 15.0. The Kier molecular flexibility index (Phi) is 5.54. The maximum absolute atomic E-state index is 12.5. The molecule has 0 saturated heterocycles. The van der Waals surface area contributed by atoms with Crippen LogP contribution in [0.3, 0.4) is 0 Å². The van der Waals surface area contributed by atoms with E-state index in [1.165, 1.54) is 0 Å². The number of rotatable bonds is 4. The van der Waals surface area contributed by atoms with Crippen molar-refractivity contribution in [2.24, 2.45) is 0 Å². The monoisotopic (exact) mass is 440 g/mol. The highest BCUT2D eigenvalue weighted by atomic mass is 35.5. The van der Waals surface area contributed by atoms with Crippen molar-refractivity contribution in [2.75, 3.05) is 13.2 Å². The summed E-state index contributed by atoms with van der Waals surface area (Å²) in [7, 11) is 0. The first-order valence-corrected chi connectivity index (χ1v) is 10.3. The largest absolute Gasteiger partial charge is 0.462 e. The van der Waals surface area contributed by atoms with E-state index in [-0.39, 0.29) is 24.3 Å². The van der Waals surface area contributed by atoms with E-state index in [4.69, 9.17) is 32.7 Å². The van der Waals surface area contributed by atoms with E-state index in [1.54, 1.807) is 26.0 Å². The van der Waals surface area contributed by atoms with Crippen molar-refractivity contribution in [3.8, 4) is 0 Å². The summed E-state index contributed by atoms with van der Waals surface area (Å²) in [5.41, 5.74) is 0.385. The summed E-state index contributed by atoms with van der Waals surface area (Å²) < 4.78 is 10.3. The molecule has 0 bridgehead atoms. The van der Waals surface area contributed by atoms with Crippen molar-refractivity contribution in [1.82, 2.24) is 0 Å². The normalized spacial score (nSPS) is 11.2. The second-order valence-electron chi connectivity index (χ2n) is 6.85. The van der Waals surface area contributed by atoms with Gasteiger partial charge in [0.1, 0.15) is 0 Å². The molecule has 4 rings (SSSR count). The Hall–Kier alpha value is -2.82. The van der Waals surface area contributed by atoms with Crippen LogP contribution >= 0.6 is 23.2 Å². The van der Waals surface area contributed by atoms with Crippen LogP contribution in [0.4, 0.5) is 0 Å². The fourth-order valence-corrected chi connectivity index (χ4v) is 3.90. The molecule has 4 aromatic carbocycles. The van der Waals surface area contributed by atoms with Gasteiger partial charge in [-0.1, -0.05) is 23.2 Å². The van der Waals surface area contributed by atoms with E-state index in [1.807, 2.05) is 36.4 Å². The highest BCUT2D eigenvalue weighted by molar-refractivity contribution is 6.42. The molecule has 0 N–H and O–H groups in total. The summed E-state index contributed by atoms with van der Waals surface area (Å²) in [6.45, 7) is 3.87. The number of carbonyl (C=O) groups excluding carboxylic acids is 2. The number of halogens is 2. The molecule has 0 fully saturated rings. The van der Waals surface area contributed by atoms with Crippen molar-refractivity contribution in [1.29, 1.82) is 0 Å². The molecule has 152 valence electrons. The van der Waals surface area contributed by atoms with Crippen LogP contribution in [0.15, 0.2) is 48.5 Å². The Morgan fingerprint density at radius 2 is 0.900 bits per heavy atom. The van der Waals surface area contributed by atoms with Crippen LogP contribution in [0.1, 0.15) is 34.6 Å². The molecule has 6 heteroatoms. The molecular weight excluding hydrogens is 423 g/mol. The fourth-order valence-electron chi connectivity index (χ4n) is 3.55. The number of hydrogen-bond acceptors (Lipinski definition) is 4. The lowest BCUT2D eigenvalue weighted by Crippen LogP contribution is -2.14. The van der Waals surface area contributed by atoms with Crippen LogP contribution in [0, 0.1) is 0 Å². The molecule has 0 aliphatic heterocycles. The first-order valence-electron chi connectivity index (χ1n) is 9.55. The number of fused-ring (bicyclic) bond motifs is 3. The van der Waals surface area contributed by atoms with Crippen LogP contribution in [0.2, 0.25) is 10.0 Å². The Morgan fingerprint density at radius 1 is 0.600 bits per heavy atom. The average Bonchev–Trinajstić information content (AvgIpc) is 2.71. The summed E-state index contributed by atoms with van der Waals surface area (Å²) in [6.07, 6.45) is 0. The van der Waals surface area contributed by atoms with E-state index in [9.17, 15) is 9.59 Å². The third kappa shape index (κ3) is 3.69. The molecule has 4 aromatic rings. The number of carbonyl (C=O) groups is 2. The van der Waals surface area contributed by atoms with Gasteiger partial charge in [0.15, 0.2) is 0 Å². The standard InChI is InChI=1S/C24H18Cl2O4/c1-3-29-23(27)19-9-15-5-13-7-17-11-21(25)22(26)12-18(17)8-14(13)6-16(15)10-20(19)24(28)30-4-2/h5-12H,3-4H2,1-2H3. The smallest absolute Gasteiger partial charge is 0.339 e. The van der Waals surface area contributed by atoms with Crippen molar-refractivity contribution in [3.63, 3.8) is 0 Å². The van der Waals surface area contributed by atoms with Crippen LogP contribution in [0.5, 0.6) is 0 Å². The summed E-state index contributed by atoms with van der Waals surface area (Å²) in [5, 5.41) is 6.51. The van der Waals surface area contributed by atoms with Gasteiger partial charge in [0, 0.05) is 0 Å². The van der Waals surface area contributed by atoms with Gasteiger partial charge in [0.05, 0.1) is 34.4 Å². The zero-order valence-corrected chi connectivity index (χ0v) is 17.9. The molecule has 4 nitrogen and oxygen atoms in total. The summed E-state index contributed by atoms with van der Waals surface area (Å²) >= 11 is 12.3. The topological polar surface area (TPSA) is 52.6 Å². The molecule has 0 atom stereocenters. The molecule has 0 heterocycles. The third-order valence-corrected chi connectivity index (χ3v) is 5.64. The maximum atomic E-state index is 12.5. The predicted molar refractivity (Wildman–Crippen MR) is 121 cm³/mol. The van der Waals surface area contributed by atoms with Crippen LogP contribution < -0.4 is 0 Å². The first kappa shape index (κ1) is 20.5. The van der Waals surface area contributed by atoms with Crippen LogP contribution in [-0.4, -0.2) is 25.2 Å². The Balaban J connectivity index is 1.97. The van der Waals surface area contributed by atoms with Gasteiger partial charge < -0.3 is 9.47 Å². The van der Waals surface area contributed by atoms with E-state index >= 15 is 0 Å². The van der Waals surface area contributed by atoms with Gasteiger partial charge >= 0.3 is 11.9 Å². The van der Waals surface area contributed by atoms with Gasteiger partial charge in [-0.05, 0) is 94.7 Å². The van der Waals surface area contributed by atoms with Gasteiger partial charge in [-0.15, -0.1) is 0 Å². The average molecular weight is 441 g/mol. The van der Waals surface area contributed by atoms with Crippen molar-refractivity contribution < 1.29 is 19.1 Å². The third-order valence-electron chi connectivity index (χ3n) is 4.92. The minimum atomic E-state index is -0.553. The zero-order valence-electron chi connectivity index (χ0n) is 16.4. The molecule has 0 aromatic heterocycles. The molecule has 0 unspecified atom stereocenters. The molecular formula is C24H18Cl2O4. The number of esters is 2. The molecule has 0 radical (unpaired) electrons. The summed E-state index contributed by atoms with van der Waals surface area (Å²) in [4.78, 5) is 24.9. The van der Waals surface area contributed by atoms with Gasteiger partial charge in [0.25, 0.3) is 0 Å². The van der Waals surface area contributed by atoms with E-state index in [0.717, 1.165) is 32.3 Å². The maximum Gasteiger partial charge on any atom is 0.339 e. The lowest BCUT2D eigenvalue weighted by atomic mass is 9.96. The van der Waals surface area contributed by atoms with Crippen LogP contribution in [0.25, 0.3) is 32.3 Å². The Morgan fingerprint density at radius 3 is 1.23 bits per heavy atom. The van der Waals surface area contributed by atoms with Crippen molar-refractivity contribution >= 4 is 67.5 Å². The highest BCUT2D eigenvalue weighted by Crippen LogP contribution is 2.33. The van der Waals surface area contributed by atoms with Gasteiger partial charge in [0.2, 0.25) is 0 Å². The van der Waals surface area contributed by atoms with Gasteiger partial charge in [-0.3, -0.25) is 0 Å². The predicted octanol–water partition coefficient (Wildman–Crippen LogP) is 6.81. The fraction of sp³-hybridized carbons (Fsp3) is 0.167. The molecule has 0 saturated carbocycles. The molecule has 0 amide bonds. The van der Waals surface area contributed by atoms with Gasteiger partial charge in [-0.2, -0.15) is 0 Å². The lowest BCUT2D eigenvalue weighted by Gasteiger charge is -2.12. The van der Waals surface area contributed by atoms with E-state index in [0.29, 0.717) is 10.0 Å². The van der Waals surface area contributed by atoms with E-state index < -0.39 is 11.9 Å². The van der Waals surface area contributed by atoms with Gasteiger partial charge in [-0.25, -0.2) is 9.59 Å². The Bertz CT molecular complexity index is 1230. The Labute approximate surface area is 183 Å². The molecule has 0 spiro atoms. The molecule has 0 aliphatic rings. The minimum Gasteiger partial charge on any atom is -0.462 e. The zero-order chi connectivity index (χ0) is 21.4. The lowest BCUT2D eigenvalue weighted by molar-refractivity contribution is 0.0479. The second kappa shape index (κ2) is 8.13. The summed E-state index contributed by atoms with van der Waals surface area (Å²) in [5.74, 6) is -1.11. The first-order chi connectivity index (χ1) is 14.4. The highest BCUT2D eigenvalue weighted by Gasteiger charge is 2.20. The van der Waals surface area contributed by atoms with Crippen LogP contribution in [-0.2, 0) is 9.47 Å². The second-order valence-corrected chi connectivity index (χ2v) is 7.67. The number of ether oxygens (including phenoxy) is 2. The SMILES string of the molecule is CCOC(=O)c1cc2cc3cc4cc(Cl)c(Cl)cc4cc3cc2cc1C(=O)OCC. The molecule has 0 aliphatic carbocycles. The van der Waals surface area contributed by atoms with Crippen molar-refractivity contribution in [3.05, 3.63) is 69.7 Å². The number of hydrogen-bond donors (Lipinski definition) is 0. The quantitative estimate of drug-likeness (QED) is 0.258. The minimum absolute atomic E-state index is 0.192. The number of benzene rings is 4.